The Balaban J connectivity index is 1.77. The van der Waals surface area contributed by atoms with Gasteiger partial charge in [0.25, 0.3) is 5.91 Å². The maximum Gasteiger partial charge on any atom is 0.337 e. The molecule has 178 valence electrons. The van der Waals surface area contributed by atoms with Crippen LogP contribution in [0, 0.1) is 0 Å². The number of benzene rings is 2. The van der Waals surface area contributed by atoms with Gasteiger partial charge in [-0.1, -0.05) is 47.5 Å². The molecular formula is C26H26Cl2N2O4. The third-order valence-electron chi connectivity index (χ3n) is 5.50. The summed E-state index contributed by atoms with van der Waals surface area (Å²) in [6, 6.07) is 17.8. The van der Waals surface area contributed by atoms with Crippen LogP contribution in [0.4, 0.5) is 0 Å². The molecule has 0 saturated heterocycles. The lowest BCUT2D eigenvalue weighted by molar-refractivity contribution is -0.135. The van der Waals surface area contributed by atoms with Crippen LogP contribution >= 0.6 is 23.2 Å². The van der Waals surface area contributed by atoms with Gasteiger partial charge in [-0.05, 0) is 68.7 Å². The van der Waals surface area contributed by atoms with Crippen LogP contribution in [0.3, 0.4) is 0 Å². The zero-order valence-electron chi connectivity index (χ0n) is 19.1. The highest BCUT2D eigenvalue weighted by atomic mass is 35.5. The van der Waals surface area contributed by atoms with Crippen molar-refractivity contribution in [1.29, 1.82) is 0 Å². The molecule has 8 heteroatoms. The fourth-order valence-corrected chi connectivity index (χ4v) is 3.88. The van der Waals surface area contributed by atoms with Crippen molar-refractivity contribution in [1.82, 2.24) is 10.3 Å². The van der Waals surface area contributed by atoms with E-state index < -0.39 is 11.6 Å². The second-order valence-corrected chi connectivity index (χ2v) is 9.43. The number of nitrogens with zero attached hydrogens (tertiary/aromatic N) is 1. The highest BCUT2D eigenvalue weighted by Crippen LogP contribution is 2.28. The van der Waals surface area contributed by atoms with E-state index in [1.54, 1.807) is 13.8 Å². The Morgan fingerprint density at radius 2 is 1.76 bits per heavy atom. The monoisotopic (exact) mass is 500 g/mol. The molecule has 6 nitrogen and oxygen atoms in total. The second-order valence-electron chi connectivity index (χ2n) is 8.56. The lowest BCUT2D eigenvalue weighted by Crippen LogP contribution is -2.51. The average molecular weight is 501 g/mol. The summed E-state index contributed by atoms with van der Waals surface area (Å²) >= 11 is 12.3. The molecule has 2 aromatic carbocycles. The molecule has 0 aliphatic heterocycles. The van der Waals surface area contributed by atoms with E-state index in [-0.39, 0.29) is 29.3 Å². The lowest BCUT2D eigenvalue weighted by atomic mass is 9.86. The molecule has 0 bridgehead atoms. The predicted octanol–water partition coefficient (Wildman–Crippen LogP) is 5.78. The molecule has 0 aliphatic carbocycles. The Morgan fingerprint density at radius 3 is 2.35 bits per heavy atom. The number of carbonyl (C=O) groups is 2. The molecule has 0 saturated carbocycles. The van der Waals surface area contributed by atoms with E-state index in [2.05, 4.69) is 10.3 Å². The van der Waals surface area contributed by atoms with Crippen molar-refractivity contribution < 1.29 is 19.4 Å². The van der Waals surface area contributed by atoms with Gasteiger partial charge in [-0.25, -0.2) is 9.78 Å². The summed E-state index contributed by atoms with van der Waals surface area (Å²) in [6.45, 7) is 5.21. The number of carboxylic acid groups (broad SMARTS) is 1. The van der Waals surface area contributed by atoms with Crippen LogP contribution in [0.5, 0.6) is 5.88 Å². The van der Waals surface area contributed by atoms with Gasteiger partial charge in [0.15, 0.2) is 5.60 Å². The first-order valence-corrected chi connectivity index (χ1v) is 11.5. The van der Waals surface area contributed by atoms with Gasteiger partial charge in [0.1, 0.15) is 0 Å². The molecule has 0 aliphatic rings. The number of hydrogen-bond acceptors (Lipinski definition) is 4. The number of carbonyl (C=O) groups excluding carboxylic acids is 1. The van der Waals surface area contributed by atoms with E-state index in [9.17, 15) is 9.59 Å². The van der Waals surface area contributed by atoms with Crippen molar-refractivity contribution >= 4 is 35.1 Å². The normalized spacial score (nSPS) is 13.1. The maximum absolute atomic E-state index is 13.2. The zero-order chi connectivity index (χ0) is 24.9. The van der Waals surface area contributed by atoms with Crippen LogP contribution < -0.4 is 10.1 Å². The first-order chi connectivity index (χ1) is 16.0. The number of halogens is 2. The van der Waals surface area contributed by atoms with Crippen LogP contribution in [0.15, 0.2) is 66.9 Å². The van der Waals surface area contributed by atoms with Crippen molar-refractivity contribution in [3.8, 4) is 5.88 Å². The summed E-state index contributed by atoms with van der Waals surface area (Å²) in [4.78, 5) is 28.2. The standard InChI is InChI=1S/C26H26Cl2N2O4/c1-16(30-25(33)26(2,3)34-23-12-9-19(15-29-23)24(31)32)22(18-5-4-6-21(28)14-18)13-17-7-10-20(27)11-8-17/h4-12,14-16,22H,13H2,1-3H3,(H,30,33)(H,31,32). The third kappa shape index (κ3) is 6.72. The van der Waals surface area contributed by atoms with E-state index in [0.717, 1.165) is 11.1 Å². The number of hydrogen-bond donors (Lipinski definition) is 2. The van der Waals surface area contributed by atoms with Gasteiger partial charge in [0, 0.05) is 34.3 Å². The van der Waals surface area contributed by atoms with E-state index in [4.69, 9.17) is 33.0 Å². The number of aromatic carboxylic acids is 1. The summed E-state index contributed by atoms with van der Waals surface area (Å²) < 4.78 is 5.78. The van der Waals surface area contributed by atoms with Crippen LogP contribution in [-0.2, 0) is 11.2 Å². The number of pyridine rings is 1. The molecule has 1 heterocycles. The highest BCUT2D eigenvalue weighted by molar-refractivity contribution is 6.30. The van der Waals surface area contributed by atoms with Crippen LogP contribution in [0.1, 0.15) is 48.2 Å². The fourth-order valence-electron chi connectivity index (χ4n) is 3.55. The van der Waals surface area contributed by atoms with E-state index in [1.807, 2.05) is 55.5 Å². The first kappa shape index (κ1) is 25.5. The first-order valence-electron chi connectivity index (χ1n) is 10.7. The number of carboxylic acids is 1. The molecule has 1 amide bonds. The number of amides is 1. The third-order valence-corrected chi connectivity index (χ3v) is 5.98. The fraction of sp³-hybridized carbons (Fsp3) is 0.269. The largest absolute Gasteiger partial charge is 0.478 e. The molecule has 34 heavy (non-hydrogen) atoms. The molecule has 2 unspecified atom stereocenters. The van der Waals surface area contributed by atoms with E-state index in [0.29, 0.717) is 16.5 Å². The molecule has 2 N–H and O–H groups in total. The number of rotatable bonds is 9. The quantitative estimate of drug-likeness (QED) is 0.388. The zero-order valence-corrected chi connectivity index (χ0v) is 20.6. The Labute approximate surface area is 208 Å². The van der Waals surface area contributed by atoms with Crippen molar-refractivity contribution in [2.75, 3.05) is 0 Å². The van der Waals surface area contributed by atoms with E-state index >= 15 is 0 Å². The minimum absolute atomic E-state index is 0.0368. The molecule has 2 atom stereocenters. The van der Waals surface area contributed by atoms with Gasteiger partial charge in [0.05, 0.1) is 5.56 Å². The topological polar surface area (TPSA) is 88.5 Å². The molecule has 0 radical (unpaired) electrons. The van der Waals surface area contributed by atoms with E-state index in [1.165, 1.54) is 18.3 Å². The minimum atomic E-state index is -1.24. The Hall–Kier alpha value is -3.09. The smallest absolute Gasteiger partial charge is 0.337 e. The molecule has 1 aromatic heterocycles. The lowest BCUT2D eigenvalue weighted by Gasteiger charge is -2.30. The van der Waals surface area contributed by atoms with Crippen molar-refractivity contribution in [3.05, 3.63) is 93.6 Å². The summed E-state index contributed by atoms with van der Waals surface area (Å²) in [6.07, 6.45) is 1.86. The molecule has 0 fully saturated rings. The number of nitrogens with one attached hydrogen (secondary N) is 1. The molecule has 3 rings (SSSR count). The van der Waals surface area contributed by atoms with Crippen LogP contribution in [0.2, 0.25) is 10.0 Å². The van der Waals surface area contributed by atoms with Gasteiger partial charge in [-0.3, -0.25) is 4.79 Å². The summed E-state index contributed by atoms with van der Waals surface area (Å²) in [7, 11) is 0. The number of aromatic nitrogens is 1. The highest BCUT2D eigenvalue weighted by Gasteiger charge is 2.33. The van der Waals surface area contributed by atoms with Crippen LogP contribution in [0.25, 0.3) is 0 Å². The van der Waals surface area contributed by atoms with Gasteiger partial charge in [-0.2, -0.15) is 0 Å². The van der Waals surface area contributed by atoms with Crippen molar-refractivity contribution in [2.45, 2.75) is 44.8 Å². The average Bonchev–Trinajstić information content (AvgIpc) is 2.78. The SMILES string of the molecule is CC(NC(=O)C(C)(C)Oc1ccc(C(=O)O)cn1)C(Cc1ccc(Cl)cc1)c1cccc(Cl)c1. The molecule has 0 spiro atoms. The summed E-state index contributed by atoms with van der Waals surface area (Å²) in [5.74, 6) is -1.32. The van der Waals surface area contributed by atoms with Crippen molar-refractivity contribution in [2.24, 2.45) is 0 Å². The Kier molecular flexibility index (Phi) is 8.18. The van der Waals surface area contributed by atoms with Gasteiger partial charge in [0.2, 0.25) is 5.88 Å². The minimum Gasteiger partial charge on any atom is -0.478 e. The second kappa shape index (κ2) is 10.9. The molecule has 3 aromatic rings. The van der Waals surface area contributed by atoms with Crippen molar-refractivity contribution in [3.63, 3.8) is 0 Å². The Bertz CT molecular complexity index is 1150. The summed E-state index contributed by atoms with van der Waals surface area (Å²) in [5.41, 5.74) is 0.869. The van der Waals surface area contributed by atoms with Crippen LogP contribution in [-0.4, -0.2) is 33.6 Å². The van der Waals surface area contributed by atoms with Gasteiger partial charge in [-0.15, -0.1) is 0 Å². The molecular weight excluding hydrogens is 475 g/mol. The Morgan fingerprint density at radius 1 is 1.06 bits per heavy atom. The van der Waals surface area contributed by atoms with Gasteiger partial charge < -0.3 is 15.2 Å². The predicted molar refractivity (Wildman–Crippen MR) is 133 cm³/mol. The number of ether oxygens (including phenoxy) is 1. The van der Waals surface area contributed by atoms with Gasteiger partial charge >= 0.3 is 5.97 Å². The summed E-state index contributed by atoms with van der Waals surface area (Å²) in [5, 5.41) is 13.4. The maximum atomic E-state index is 13.2.